The summed E-state index contributed by atoms with van der Waals surface area (Å²) in [7, 11) is -3.20. The minimum atomic E-state index is -3.20. The smallest absolute Gasteiger partial charge is 0.175 e. The van der Waals surface area contributed by atoms with Gasteiger partial charge in [-0.3, -0.25) is 0 Å². The molecule has 2 aliphatic rings. The minimum absolute atomic E-state index is 0.343. The van der Waals surface area contributed by atoms with Crippen molar-refractivity contribution in [1.82, 2.24) is 5.32 Å². The van der Waals surface area contributed by atoms with Crippen molar-refractivity contribution in [3.8, 4) is 0 Å². The molecule has 1 aromatic carbocycles. The molecule has 1 aliphatic carbocycles. The van der Waals surface area contributed by atoms with Crippen molar-refractivity contribution in [2.75, 3.05) is 11.3 Å². The van der Waals surface area contributed by atoms with E-state index < -0.39 is 9.84 Å². The summed E-state index contributed by atoms with van der Waals surface area (Å²) in [6, 6.07) is 5.35. The average molecular weight is 264 g/mol. The number of hydrazone groups is 1. The van der Waals surface area contributed by atoms with Crippen LogP contribution in [-0.2, 0) is 9.84 Å². The van der Waals surface area contributed by atoms with Crippen LogP contribution in [0.25, 0.3) is 0 Å². The molecule has 1 saturated carbocycles. The van der Waals surface area contributed by atoms with Gasteiger partial charge in [0.05, 0.1) is 10.6 Å². The van der Waals surface area contributed by atoms with Crippen molar-refractivity contribution in [1.29, 1.82) is 0 Å². The van der Waals surface area contributed by atoms with Crippen molar-refractivity contribution < 1.29 is 8.42 Å². The lowest BCUT2D eigenvalue weighted by molar-refractivity contribution is 0.600. The van der Waals surface area contributed by atoms with Crippen LogP contribution in [0.4, 0.5) is 5.69 Å². The van der Waals surface area contributed by atoms with Crippen LogP contribution >= 0.6 is 0 Å². The predicted octanol–water partition coefficient (Wildman–Crippen LogP) is 1.44. The van der Waals surface area contributed by atoms with Gasteiger partial charge in [-0.05, 0) is 36.5 Å². The number of anilines is 1. The van der Waals surface area contributed by atoms with Gasteiger partial charge in [0.15, 0.2) is 16.5 Å². The van der Waals surface area contributed by atoms with E-state index in [-0.39, 0.29) is 0 Å². The Morgan fingerprint density at radius 1 is 1.39 bits per heavy atom. The summed E-state index contributed by atoms with van der Waals surface area (Å²) in [4.78, 5) is 0.429. The van der Waals surface area contributed by atoms with Gasteiger partial charge in [-0.25, -0.2) is 13.4 Å². The van der Waals surface area contributed by atoms with Gasteiger partial charge in [-0.15, -0.1) is 0 Å². The van der Waals surface area contributed by atoms with E-state index in [1.165, 1.54) is 6.26 Å². The molecule has 1 N–H and O–H groups in total. The van der Waals surface area contributed by atoms with E-state index >= 15 is 0 Å². The fourth-order valence-corrected chi connectivity index (χ4v) is 3.20. The summed E-state index contributed by atoms with van der Waals surface area (Å²) >= 11 is 0. The summed E-state index contributed by atoms with van der Waals surface area (Å²) in [5, 5.41) is 8.71. The molecule has 95 valence electrons. The standard InChI is InChI=1S/C12H14N3O2S/c1-18(16,17)11-4-2-3-10(12(11)9-5-6-9)15-8-13-7-14-15/h2-4,7-9H,5-6H2,1H3,(H,13,14). The normalized spacial score (nSPS) is 19.1. The summed E-state index contributed by atoms with van der Waals surface area (Å²) in [6.45, 7) is 1.72. The molecule has 6 heteroatoms. The van der Waals surface area contributed by atoms with Gasteiger partial charge >= 0.3 is 0 Å². The van der Waals surface area contributed by atoms with Crippen molar-refractivity contribution in [2.24, 2.45) is 5.10 Å². The third-order valence-electron chi connectivity index (χ3n) is 3.13. The quantitative estimate of drug-likeness (QED) is 0.897. The maximum absolute atomic E-state index is 11.9. The largest absolute Gasteiger partial charge is 0.350 e. The Morgan fingerprint density at radius 3 is 2.72 bits per heavy atom. The number of sulfone groups is 1. The van der Waals surface area contributed by atoms with E-state index in [0.29, 0.717) is 10.8 Å². The fourth-order valence-electron chi connectivity index (χ4n) is 2.20. The molecule has 1 heterocycles. The first-order chi connectivity index (χ1) is 8.57. The Hall–Kier alpha value is -1.56. The van der Waals surface area contributed by atoms with E-state index in [1.54, 1.807) is 30.1 Å². The monoisotopic (exact) mass is 264 g/mol. The minimum Gasteiger partial charge on any atom is -0.350 e. The molecule has 1 radical (unpaired) electrons. The molecule has 0 amide bonds. The molecule has 0 atom stereocenters. The molecule has 0 aromatic heterocycles. The Morgan fingerprint density at radius 2 is 2.17 bits per heavy atom. The molecule has 1 fully saturated rings. The summed E-state index contributed by atoms with van der Waals surface area (Å²) < 4.78 is 23.7. The maximum atomic E-state index is 11.9. The van der Waals surface area contributed by atoms with Gasteiger partial charge in [-0.1, -0.05) is 6.07 Å². The molecule has 0 bridgehead atoms. The number of nitrogens with one attached hydrogen (secondary N) is 1. The lowest BCUT2D eigenvalue weighted by atomic mass is 10.1. The maximum Gasteiger partial charge on any atom is 0.175 e. The third-order valence-corrected chi connectivity index (χ3v) is 4.28. The Bertz CT molecular complexity index is 606. The highest BCUT2D eigenvalue weighted by atomic mass is 32.2. The third kappa shape index (κ3) is 1.96. The van der Waals surface area contributed by atoms with Gasteiger partial charge in [0.25, 0.3) is 0 Å². The number of hydrogen-bond acceptors (Lipinski definition) is 5. The first-order valence-electron chi connectivity index (χ1n) is 5.81. The average Bonchev–Trinajstić information content (AvgIpc) is 3.02. The molecule has 5 nitrogen and oxygen atoms in total. The van der Waals surface area contributed by atoms with Crippen molar-refractivity contribution in [3.63, 3.8) is 0 Å². The van der Waals surface area contributed by atoms with Crippen LogP contribution in [0.15, 0.2) is 28.2 Å². The fraction of sp³-hybridized carbons (Fsp3) is 0.333. The van der Waals surface area contributed by atoms with Crippen LogP contribution in [0.5, 0.6) is 0 Å². The van der Waals surface area contributed by atoms with Crippen LogP contribution in [0, 0.1) is 6.67 Å². The van der Waals surface area contributed by atoms with Crippen molar-refractivity contribution in [2.45, 2.75) is 23.7 Å². The molecular weight excluding hydrogens is 250 g/mol. The second-order valence-electron chi connectivity index (χ2n) is 4.62. The topological polar surface area (TPSA) is 61.8 Å². The van der Waals surface area contributed by atoms with Crippen LogP contribution in [0.1, 0.15) is 24.3 Å². The zero-order valence-corrected chi connectivity index (χ0v) is 10.8. The predicted molar refractivity (Wildman–Crippen MR) is 69.9 cm³/mol. The molecular formula is C12H14N3O2S. The number of rotatable bonds is 3. The summed E-state index contributed by atoms with van der Waals surface area (Å²) in [5.41, 5.74) is 1.75. The summed E-state index contributed by atoms with van der Waals surface area (Å²) in [6.07, 6.45) is 4.92. The van der Waals surface area contributed by atoms with Gasteiger partial charge in [0.1, 0.15) is 6.34 Å². The highest BCUT2D eigenvalue weighted by Gasteiger charge is 2.33. The van der Waals surface area contributed by atoms with Crippen LogP contribution in [0.2, 0.25) is 0 Å². The number of benzene rings is 1. The molecule has 0 saturated heterocycles. The van der Waals surface area contributed by atoms with E-state index in [4.69, 9.17) is 0 Å². The number of hydrogen-bond donors (Lipinski definition) is 1. The highest BCUT2D eigenvalue weighted by Crippen LogP contribution is 2.47. The Kier molecular flexibility index (Phi) is 2.55. The van der Waals surface area contributed by atoms with Gasteiger partial charge in [-0.2, -0.15) is 5.10 Å². The van der Waals surface area contributed by atoms with Gasteiger partial charge in [0.2, 0.25) is 0 Å². The lowest BCUT2D eigenvalue weighted by Gasteiger charge is -2.19. The zero-order valence-electron chi connectivity index (χ0n) is 10.00. The molecule has 18 heavy (non-hydrogen) atoms. The second-order valence-corrected chi connectivity index (χ2v) is 6.60. The van der Waals surface area contributed by atoms with E-state index in [1.807, 2.05) is 6.07 Å². The Balaban J connectivity index is 2.16. The molecule has 0 unspecified atom stereocenters. The Labute approximate surface area is 106 Å². The van der Waals surface area contributed by atoms with E-state index in [2.05, 4.69) is 10.4 Å². The van der Waals surface area contributed by atoms with Crippen LogP contribution in [0.3, 0.4) is 0 Å². The molecule has 0 spiro atoms. The van der Waals surface area contributed by atoms with Crippen LogP contribution in [-0.4, -0.2) is 21.0 Å². The van der Waals surface area contributed by atoms with Gasteiger partial charge < -0.3 is 5.32 Å². The second kappa shape index (κ2) is 3.98. The SMILES string of the molecule is CS(=O)(=O)c1cccc(N2[CH]NC=N2)c1C1CC1. The van der Waals surface area contributed by atoms with E-state index in [0.717, 1.165) is 24.1 Å². The van der Waals surface area contributed by atoms with Crippen molar-refractivity contribution in [3.05, 3.63) is 30.4 Å². The first-order valence-corrected chi connectivity index (χ1v) is 7.70. The van der Waals surface area contributed by atoms with Crippen molar-refractivity contribution >= 4 is 21.9 Å². The first kappa shape index (κ1) is 11.5. The van der Waals surface area contributed by atoms with Crippen LogP contribution < -0.4 is 10.3 Å². The zero-order chi connectivity index (χ0) is 12.8. The number of nitrogens with zero attached hydrogens (tertiary/aromatic N) is 2. The molecule has 1 aliphatic heterocycles. The highest BCUT2D eigenvalue weighted by molar-refractivity contribution is 7.90. The van der Waals surface area contributed by atoms with Gasteiger partial charge in [0, 0.05) is 6.26 Å². The lowest BCUT2D eigenvalue weighted by Crippen LogP contribution is -2.16. The molecule has 3 rings (SSSR count). The molecule has 1 aromatic rings. The summed E-state index contributed by atoms with van der Waals surface area (Å²) in [5.74, 6) is 0.343. The van der Waals surface area contributed by atoms with E-state index in [9.17, 15) is 8.42 Å².